The van der Waals surface area contributed by atoms with Gasteiger partial charge in [0.15, 0.2) is 0 Å². The lowest BCUT2D eigenvalue weighted by molar-refractivity contribution is 0.595. The predicted octanol–water partition coefficient (Wildman–Crippen LogP) is 3.21. The molecule has 7 heteroatoms. The van der Waals surface area contributed by atoms with Crippen LogP contribution in [0.3, 0.4) is 0 Å². The maximum atomic E-state index is 12.2. The van der Waals surface area contributed by atoms with E-state index in [9.17, 15) is 8.42 Å². The minimum Gasteiger partial charge on any atom is -0.257 e. The zero-order valence-corrected chi connectivity index (χ0v) is 13.9. The summed E-state index contributed by atoms with van der Waals surface area (Å²) in [4.78, 5) is 0. The van der Waals surface area contributed by atoms with E-state index in [1.807, 2.05) is 51.1 Å². The Labute approximate surface area is 129 Å². The Bertz CT molecular complexity index is 681. The molecule has 0 aliphatic carbocycles. The number of hydrogen-bond acceptors (Lipinski definition) is 5. The van der Waals surface area contributed by atoms with Crippen molar-refractivity contribution in [2.75, 3.05) is 10.5 Å². The Balaban J connectivity index is 2.04. The minimum absolute atomic E-state index is 0.0214. The first-order valence-corrected chi connectivity index (χ1v) is 9.23. The Hall–Kier alpha value is -1.47. The third-order valence-electron chi connectivity index (χ3n) is 3.02. The fraction of sp³-hybridized carbons (Fsp3) is 0.429. The van der Waals surface area contributed by atoms with Gasteiger partial charge in [0.05, 0.1) is 5.75 Å². The van der Waals surface area contributed by atoms with E-state index in [4.69, 9.17) is 0 Å². The van der Waals surface area contributed by atoms with Crippen molar-refractivity contribution in [2.24, 2.45) is 0 Å². The number of benzene rings is 1. The molecule has 0 aliphatic rings. The Kier molecular flexibility index (Phi) is 4.95. The molecule has 2 rings (SSSR count). The molecule has 0 amide bonds. The van der Waals surface area contributed by atoms with Gasteiger partial charge in [0, 0.05) is 5.92 Å². The molecule has 0 bridgehead atoms. The fourth-order valence-electron chi connectivity index (χ4n) is 1.89. The van der Waals surface area contributed by atoms with Crippen LogP contribution < -0.4 is 4.72 Å². The molecule has 0 radical (unpaired) electrons. The smallest absolute Gasteiger partial charge is 0.235 e. The molecule has 0 spiro atoms. The monoisotopic (exact) mass is 325 g/mol. The Morgan fingerprint density at radius 1 is 1.14 bits per heavy atom. The molecule has 1 atom stereocenters. The van der Waals surface area contributed by atoms with Crippen molar-refractivity contribution in [3.63, 3.8) is 0 Å². The summed E-state index contributed by atoms with van der Waals surface area (Å²) in [7, 11) is -3.44. The van der Waals surface area contributed by atoms with Crippen LogP contribution in [-0.4, -0.2) is 24.4 Å². The summed E-state index contributed by atoms with van der Waals surface area (Å²) in [6.45, 7) is 5.89. The van der Waals surface area contributed by atoms with Gasteiger partial charge in [-0.25, -0.2) is 8.42 Å². The molecular formula is C14H19N3O2S2. The molecule has 21 heavy (non-hydrogen) atoms. The number of hydrogen-bond donors (Lipinski definition) is 1. The van der Waals surface area contributed by atoms with Crippen LogP contribution in [0.5, 0.6) is 0 Å². The highest BCUT2D eigenvalue weighted by atomic mass is 32.2. The van der Waals surface area contributed by atoms with Crippen LogP contribution in [0.1, 0.15) is 43.2 Å². The summed E-state index contributed by atoms with van der Waals surface area (Å²) in [5.41, 5.74) is 1.00. The Morgan fingerprint density at radius 3 is 2.38 bits per heavy atom. The van der Waals surface area contributed by atoms with Crippen molar-refractivity contribution in [2.45, 2.75) is 32.6 Å². The lowest BCUT2D eigenvalue weighted by Gasteiger charge is -2.12. The van der Waals surface area contributed by atoms with Gasteiger partial charge >= 0.3 is 0 Å². The maximum Gasteiger partial charge on any atom is 0.235 e. The molecule has 1 aromatic heterocycles. The Morgan fingerprint density at radius 2 is 1.81 bits per heavy atom. The highest BCUT2D eigenvalue weighted by Crippen LogP contribution is 2.24. The number of rotatable bonds is 6. The second-order valence-corrected chi connectivity index (χ2v) is 8.07. The first kappa shape index (κ1) is 15.9. The largest absolute Gasteiger partial charge is 0.257 e. The first-order valence-electron chi connectivity index (χ1n) is 6.76. The van der Waals surface area contributed by atoms with E-state index in [1.54, 1.807) is 0 Å². The molecule has 114 valence electrons. The third kappa shape index (κ3) is 4.50. The third-order valence-corrected chi connectivity index (χ3v) is 5.73. The van der Waals surface area contributed by atoms with Gasteiger partial charge in [0.2, 0.25) is 15.2 Å². The van der Waals surface area contributed by atoms with Crippen LogP contribution in [0.15, 0.2) is 30.3 Å². The van der Waals surface area contributed by atoms with Gasteiger partial charge in [-0.05, 0) is 11.5 Å². The lowest BCUT2D eigenvalue weighted by Crippen LogP contribution is -2.20. The van der Waals surface area contributed by atoms with Crippen molar-refractivity contribution in [3.05, 3.63) is 40.9 Å². The second kappa shape index (κ2) is 6.53. The number of nitrogens with zero attached hydrogens (tertiary/aromatic N) is 2. The van der Waals surface area contributed by atoms with E-state index in [1.165, 1.54) is 11.3 Å². The van der Waals surface area contributed by atoms with E-state index in [0.29, 0.717) is 5.13 Å². The standard InChI is InChI=1S/C14H19N3O2S2/c1-10(2)13-15-16-14(20-13)17-21(18,19)9-11(3)12-7-5-4-6-8-12/h4-8,10-11H,9H2,1-3H3,(H,16,17)/t11-/m0/s1. The average Bonchev–Trinajstić information content (AvgIpc) is 2.87. The molecule has 0 aliphatic heterocycles. The van der Waals surface area contributed by atoms with Crippen LogP contribution in [0, 0.1) is 0 Å². The van der Waals surface area contributed by atoms with Crippen molar-refractivity contribution in [1.82, 2.24) is 10.2 Å². The molecule has 5 nitrogen and oxygen atoms in total. The van der Waals surface area contributed by atoms with E-state index >= 15 is 0 Å². The van der Waals surface area contributed by atoms with Gasteiger partial charge in [-0.1, -0.05) is 62.4 Å². The van der Waals surface area contributed by atoms with Gasteiger partial charge in [-0.3, -0.25) is 4.72 Å². The van der Waals surface area contributed by atoms with E-state index < -0.39 is 10.0 Å². The first-order chi connectivity index (χ1) is 9.87. The normalized spacial score (nSPS) is 13.3. The van der Waals surface area contributed by atoms with Crippen molar-refractivity contribution in [3.8, 4) is 0 Å². The van der Waals surface area contributed by atoms with Gasteiger partial charge in [-0.15, -0.1) is 10.2 Å². The maximum absolute atomic E-state index is 12.2. The summed E-state index contributed by atoms with van der Waals surface area (Å²) in [5.74, 6) is 0.179. The van der Waals surface area contributed by atoms with Crippen molar-refractivity contribution >= 4 is 26.5 Å². The van der Waals surface area contributed by atoms with Gasteiger partial charge < -0.3 is 0 Å². The second-order valence-electron chi connectivity index (χ2n) is 5.30. The van der Waals surface area contributed by atoms with Gasteiger partial charge in [0.25, 0.3) is 0 Å². The molecule has 0 saturated heterocycles. The van der Waals surface area contributed by atoms with E-state index in [-0.39, 0.29) is 17.6 Å². The van der Waals surface area contributed by atoms with E-state index in [0.717, 1.165) is 10.6 Å². The minimum atomic E-state index is -3.44. The molecule has 1 aromatic carbocycles. The van der Waals surface area contributed by atoms with E-state index in [2.05, 4.69) is 14.9 Å². The highest BCUT2D eigenvalue weighted by molar-refractivity contribution is 7.92. The van der Waals surface area contributed by atoms with Crippen LogP contribution in [-0.2, 0) is 10.0 Å². The quantitative estimate of drug-likeness (QED) is 0.885. The van der Waals surface area contributed by atoms with Crippen LogP contribution in [0.4, 0.5) is 5.13 Å². The van der Waals surface area contributed by atoms with Crippen LogP contribution in [0.25, 0.3) is 0 Å². The fourth-order valence-corrected chi connectivity index (χ4v) is 4.28. The molecule has 0 fully saturated rings. The topological polar surface area (TPSA) is 72.0 Å². The number of nitrogens with one attached hydrogen (secondary N) is 1. The number of anilines is 1. The summed E-state index contributed by atoms with van der Waals surface area (Å²) >= 11 is 1.28. The van der Waals surface area contributed by atoms with Gasteiger partial charge in [-0.2, -0.15) is 0 Å². The van der Waals surface area contributed by atoms with Crippen molar-refractivity contribution in [1.29, 1.82) is 0 Å². The average molecular weight is 325 g/mol. The summed E-state index contributed by atoms with van der Waals surface area (Å²) in [6, 6.07) is 9.60. The highest BCUT2D eigenvalue weighted by Gasteiger charge is 2.19. The van der Waals surface area contributed by atoms with Gasteiger partial charge in [0.1, 0.15) is 5.01 Å². The molecule has 1 heterocycles. The summed E-state index contributed by atoms with van der Waals surface area (Å²) < 4.78 is 26.9. The zero-order valence-electron chi connectivity index (χ0n) is 12.3. The van der Waals surface area contributed by atoms with Crippen LogP contribution in [0.2, 0.25) is 0 Å². The molecule has 0 saturated carbocycles. The van der Waals surface area contributed by atoms with Crippen LogP contribution >= 0.6 is 11.3 Å². The molecule has 2 aromatic rings. The molecule has 0 unspecified atom stereocenters. The predicted molar refractivity (Wildman–Crippen MR) is 86.3 cm³/mol. The number of sulfonamides is 1. The summed E-state index contributed by atoms with van der Waals surface area (Å²) in [6.07, 6.45) is 0. The SMILES string of the molecule is CC(C)c1nnc(NS(=O)(=O)C[C@H](C)c2ccccc2)s1. The molecular weight excluding hydrogens is 306 g/mol. The number of aromatic nitrogens is 2. The summed E-state index contributed by atoms with van der Waals surface area (Å²) in [5, 5.41) is 9.01. The zero-order chi connectivity index (χ0) is 15.5. The van der Waals surface area contributed by atoms with Crippen molar-refractivity contribution < 1.29 is 8.42 Å². The molecule has 1 N–H and O–H groups in total. The lowest BCUT2D eigenvalue weighted by atomic mass is 10.0.